The monoisotopic (exact) mass is 229 g/mol. The molecule has 0 bridgehead atoms. The number of pyridine rings is 1. The first-order valence-electron chi connectivity index (χ1n) is 3.24. The predicted octanol–water partition coefficient (Wildman–Crippen LogP) is 3.55. The van der Waals surface area contributed by atoms with Crippen molar-refractivity contribution >= 4 is 23.2 Å². The molecule has 0 spiro atoms. The average molecular weight is 230 g/mol. The summed E-state index contributed by atoms with van der Waals surface area (Å²) >= 11 is 10.6. The lowest BCUT2D eigenvalue weighted by molar-refractivity contribution is 0.150. The van der Waals surface area contributed by atoms with E-state index in [2.05, 4.69) is 4.98 Å². The number of halogens is 5. The number of nitrogens with zero attached hydrogens (tertiary/aromatic N) is 1. The van der Waals surface area contributed by atoms with Crippen molar-refractivity contribution in [3.8, 4) is 0 Å². The van der Waals surface area contributed by atoms with Crippen LogP contribution in [-0.2, 0) is 5.88 Å². The van der Waals surface area contributed by atoms with Gasteiger partial charge in [0.05, 0.1) is 0 Å². The van der Waals surface area contributed by atoms with Crippen molar-refractivity contribution in [1.29, 1.82) is 0 Å². The number of hydrogen-bond donors (Lipinski definition) is 0. The van der Waals surface area contributed by atoms with Crippen LogP contribution >= 0.6 is 23.2 Å². The Morgan fingerprint density at radius 1 is 1.46 bits per heavy atom. The van der Waals surface area contributed by atoms with Gasteiger partial charge in [0.1, 0.15) is 5.02 Å². The first-order valence-corrected chi connectivity index (χ1v) is 4.16. The molecule has 13 heavy (non-hydrogen) atoms. The fourth-order valence-corrected chi connectivity index (χ4v) is 1.32. The highest BCUT2D eigenvalue weighted by molar-refractivity contribution is 6.31. The van der Waals surface area contributed by atoms with E-state index in [0.717, 1.165) is 6.20 Å². The van der Waals surface area contributed by atoms with Crippen molar-refractivity contribution in [2.45, 2.75) is 12.3 Å². The van der Waals surface area contributed by atoms with Crippen molar-refractivity contribution in [1.82, 2.24) is 4.98 Å². The van der Waals surface area contributed by atoms with E-state index in [-0.39, 0.29) is 11.4 Å². The van der Waals surface area contributed by atoms with Gasteiger partial charge in [0, 0.05) is 17.6 Å². The first kappa shape index (κ1) is 10.6. The van der Waals surface area contributed by atoms with Gasteiger partial charge in [-0.15, -0.1) is 11.6 Å². The molecule has 0 aromatic carbocycles. The molecule has 6 heteroatoms. The zero-order valence-corrected chi connectivity index (χ0v) is 7.71. The summed E-state index contributed by atoms with van der Waals surface area (Å²) in [5.74, 6) is -1.28. The molecule has 0 aliphatic carbocycles. The van der Waals surface area contributed by atoms with E-state index >= 15 is 0 Å². The van der Waals surface area contributed by atoms with Crippen LogP contribution in [0.15, 0.2) is 6.20 Å². The molecular weight excluding hydrogens is 226 g/mol. The molecule has 0 radical (unpaired) electrons. The maximum atomic E-state index is 12.6. The highest BCUT2D eigenvalue weighted by atomic mass is 35.5. The van der Waals surface area contributed by atoms with Gasteiger partial charge in [-0.2, -0.15) is 4.39 Å². The number of alkyl halides is 3. The maximum absolute atomic E-state index is 12.6. The molecule has 0 saturated heterocycles. The molecule has 0 amide bonds. The normalized spacial score (nSPS) is 10.9. The van der Waals surface area contributed by atoms with E-state index in [1.807, 2.05) is 0 Å². The van der Waals surface area contributed by atoms with Crippen LogP contribution in [0.5, 0.6) is 0 Å². The standard InChI is InChI=1S/C7H4Cl2F3N/c8-1-3-2-13-7(12)5(9)4(3)6(10)11/h2,6H,1H2. The van der Waals surface area contributed by atoms with E-state index in [4.69, 9.17) is 23.2 Å². The van der Waals surface area contributed by atoms with Crippen LogP contribution in [0.25, 0.3) is 0 Å². The Hall–Kier alpha value is -0.480. The second-order valence-electron chi connectivity index (χ2n) is 2.24. The molecule has 1 aromatic rings. The quantitative estimate of drug-likeness (QED) is 0.559. The van der Waals surface area contributed by atoms with E-state index in [0.29, 0.717) is 0 Å². The largest absolute Gasteiger partial charge is 0.265 e. The number of hydrogen-bond acceptors (Lipinski definition) is 1. The fraction of sp³-hybridized carbons (Fsp3) is 0.286. The Morgan fingerprint density at radius 3 is 2.54 bits per heavy atom. The van der Waals surface area contributed by atoms with Gasteiger partial charge in [-0.1, -0.05) is 11.6 Å². The average Bonchev–Trinajstić information content (AvgIpc) is 2.08. The molecule has 72 valence electrons. The fourth-order valence-electron chi connectivity index (χ4n) is 0.855. The minimum atomic E-state index is -2.85. The van der Waals surface area contributed by atoms with Crippen molar-refractivity contribution in [2.24, 2.45) is 0 Å². The lowest BCUT2D eigenvalue weighted by atomic mass is 10.1. The van der Waals surface area contributed by atoms with Crippen LogP contribution in [-0.4, -0.2) is 4.98 Å². The minimum Gasteiger partial charge on any atom is -0.227 e. The molecule has 0 fully saturated rings. The van der Waals surface area contributed by atoms with Crippen LogP contribution in [0.2, 0.25) is 5.02 Å². The molecule has 0 saturated carbocycles. The highest BCUT2D eigenvalue weighted by Crippen LogP contribution is 2.31. The van der Waals surface area contributed by atoms with E-state index in [1.165, 1.54) is 0 Å². The number of rotatable bonds is 2. The molecule has 0 atom stereocenters. The second kappa shape index (κ2) is 4.15. The van der Waals surface area contributed by atoms with Gasteiger partial charge < -0.3 is 0 Å². The van der Waals surface area contributed by atoms with Crippen molar-refractivity contribution < 1.29 is 13.2 Å². The molecular formula is C7H4Cl2F3N. The third-order valence-electron chi connectivity index (χ3n) is 1.46. The summed E-state index contributed by atoms with van der Waals surface area (Å²) in [5.41, 5.74) is -0.535. The molecule has 1 aromatic heterocycles. The Kier molecular flexibility index (Phi) is 3.39. The molecule has 1 heterocycles. The summed E-state index contributed by atoms with van der Waals surface area (Å²) < 4.78 is 37.3. The van der Waals surface area contributed by atoms with Crippen LogP contribution < -0.4 is 0 Å². The van der Waals surface area contributed by atoms with E-state index in [1.54, 1.807) is 0 Å². The summed E-state index contributed by atoms with van der Waals surface area (Å²) in [5, 5.41) is -0.659. The van der Waals surface area contributed by atoms with Crippen molar-refractivity contribution in [3.05, 3.63) is 28.3 Å². The minimum absolute atomic E-state index is 0.0445. The lowest BCUT2D eigenvalue weighted by Gasteiger charge is -2.07. The molecule has 0 aliphatic heterocycles. The third kappa shape index (κ3) is 2.06. The Labute approximate surface area is 82.5 Å². The Bertz CT molecular complexity index is 317. The van der Waals surface area contributed by atoms with Crippen LogP contribution in [0.4, 0.5) is 13.2 Å². The van der Waals surface area contributed by atoms with Gasteiger partial charge in [0.25, 0.3) is 6.43 Å². The van der Waals surface area contributed by atoms with E-state index in [9.17, 15) is 13.2 Å². The molecule has 0 unspecified atom stereocenters. The van der Waals surface area contributed by atoms with E-state index < -0.39 is 23.0 Å². The van der Waals surface area contributed by atoms with Gasteiger partial charge in [0.15, 0.2) is 0 Å². The zero-order valence-electron chi connectivity index (χ0n) is 6.20. The SMILES string of the molecule is Fc1ncc(CCl)c(C(F)F)c1Cl. The molecule has 1 rings (SSSR count). The van der Waals surface area contributed by atoms with Gasteiger partial charge in [-0.05, 0) is 5.56 Å². The maximum Gasteiger partial charge on any atom is 0.265 e. The Morgan fingerprint density at radius 2 is 2.08 bits per heavy atom. The number of aromatic nitrogens is 1. The first-order chi connectivity index (χ1) is 6.07. The van der Waals surface area contributed by atoms with Gasteiger partial charge in [0.2, 0.25) is 5.95 Å². The summed E-state index contributed by atoms with van der Waals surface area (Å²) in [6, 6.07) is 0. The zero-order chi connectivity index (χ0) is 10.0. The molecule has 0 aliphatic rings. The highest BCUT2D eigenvalue weighted by Gasteiger charge is 2.20. The van der Waals surface area contributed by atoms with Crippen LogP contribution in [0.1, 0.15) is 17.6 Å². The summed E-state index contributed by atoms with van der Waals surface area (Å²) in [4.78, 5) is 3.18. The lowest BCUT2D eigenvalue weighted by Crippen LogP contribution is -1.98. The van der Waals surface area contributed by atoms with Gasteiger partial charge >= 0.3 is 0 Å². The summed E-state index contributed by atoms with van der Waals surface area (Å²) in [6.07, 6.45) is -1.89. The second-order valence-corrected chi connectivity index (χ2v) is 2.88. The van der Waals surface area contributed by atoms with Gasteiger partial charge in [-0.3, -0.25) is 0 Å². The van der Waals surface area contributed by atoms with Gasteiger partial charge in [-0.25, -0.2) is 13.8 Å². The van der Waals surface area contributed by atoms with Crippen LogP contribution in [0.3, 0.4) is 0 Å². The Balaban J connectivity index is 3.32. The van der Waals surface area contributed by atoms with Crippen molar-refractivity contribution in [2.75, 3.05) is 0 Å². The summed E-state index contributed by atoms with van der Waals surface area (Å²) in [7, 11) is 0. The molecule has 1 nitrogen and oxygen atoms in total. The predicted molar refractivity (Wildman–Crippen MR) is 43.7 cm³/mol. The summed E-state index contributed by atoms with van der Waals surface area (Å²) in [6.45, 7) is 0. The van der Waals surface area contributed by atoms with Crippen LogP contribution in [0, 0.1) is 5.95 Å². The van der Waals surface area contributed by atoms with Crippen molar-refractivity contribution in [3.63, 3.8) is 0 Å². The smallest absolute Gasteiger partial charge is 0.227 e. The topological polar surface area (TPSA) is 12.9 Å². The molecule has 0 N–H and O–H groups in total. The third-order valence-corrected chi connectivity index (χ3v) is 2.11.